The van der Waals surface area contributed by atoms with Crippen LogP contribution in [0.2, 0.25) is 0 Å². The molecule has 0 spiro atoms. The van der Waals surface area contributed by atoms with Gasteiger partial charge in [0.1, 0.15) is 5.82 Å². The van der Waals surface area contributed by atoms with Gasteiger partial charge in [-0.1, -0.05) is 12.2 Å². The summed E-state index contributed by atoms with van der Waals surface area (Å²) in [6, 6.07) is 2.40. The average molecular weight is 224 g/mol. The van der Waals surface area contributed by atoms with Crippen molar-refractivity contribution in [2.75, 3.05) is 18.6 Å². The van der Waals surface area contributed by atoms with Crippen LogP contribution in [0.5, 0.6) is 0 Å². The number of anilines is 2. The number of methoxy groups -OCH3 is 1. The molecule has 4 N–H and O–H groups in total. The van der Waals surface area contributed by atoms with Gasteiger partial charge in [0.15, 0.2) is 0 Å². The van der Waals surface area contributed by atoms with E-state index < -0.39 is 5.82 Å². The second-order valence-corrected chi connectivity index (χ2v) is 3.18. The van der Waals surface area contributed by atoms with Gasteiger partial charge < -0.3 is 16.2 Å². The van der Waals surface area contributed by atoms with Crippen LogP contribution in [0.3, 0.4) is 0 Å². The Morgan fingerprint density at radius 2 is 2.19 bits per heavy atom. The van der Waals surface area contributed by atoms with Crippen molar-refractivity contribution in [3.05, 3.63) is 29.6 Å². The number of hydrogen-bond donors (Lipinski definition) is 2. The van der Waals surface area contributed by atoms with E-state index in [0.717, 1.165) is 6.07 Å². The molecule has 0 radical (unpaired) electrons. The van der Waals surface area contributed by atoms with E-state index in [1.807, 2.05) is 0 Å². The Kier molecular flexibility index (Phi) is 3.88. The van der Waals surface area contributed by atoms with Crippen molar-refractivity contribution >= 4 is 23.4 Å². The Hall–Kier alpha value is -2.04. The van der Waals surface area contributed by atoms with Gasteiger partial charge in [0.25, 0.3) is 0 Å². The molecule has 0 saturated carbocycles. The third-order valence-corrected chi connectivity index (χ3v) is 2.02. The van der Waals surface area contributed by atoms with Gasteiger partial charge in [0.2, 0.25) is 0 Å². The summed E-state index contributed by atoms with van der Waals surface area (Å²) in [7, 11) is 1.30. The van der Waals surface area contributed by atoms with Crippen molar-refractivity contribution in [3.8, 4) is 0 Å². The van der Waals surface area contributed by atoms with Crippen molar-refractivity contribution < 1.29 is 13.9 Å². The monoisotopic (exact) mass is 224 g/mol. The first-order valence-electron chi connectivity index (χ1n) is 4.62. The summed E-state index contributed by atoms with van der Waals surface area (Å²) in [5.41, 5.74) is 12.0. The highest BCUT2D eigenvalue weighted by atomic mass is 19.1. The zero-order chi connectivity index (χ0) is 12.1. The lowest BCUT2D eigenvalue weighted by Crippen LogP contribution is -1.99. The molecule has 0 fully saturated rings. The molecule has 0 aliphatic carbocycles. The number of carbonyl (C=O) groups excluding carboxylic acids is 1. The lowest BCUT2D eigenvalue weighted by Gasteiger charge is -2.04. The Morgan fingerprint density at radius 3 is 2.81 bits per heavy atom. The summed E-state index contributed by atoms with van der Waals surface area (Å²) in [5.74, 6) is -0.844. The molecule has 1 aromatic carbocycles. The predicted molar refractivity (Wildman–Crippen MR) is 60.9 cm³/mol. The highest BCUT2D eigenvalue weighted by Crippen LogP contribution is 2.22. The summed E-state index contributed by atoms with van der Waals surface area (Å²) in [6.45, 7) is 0. The van der Waals surface area contributed by atoms with E-state index in [0.29, 0.717) is 11.3 Å². The fourth-order valence-corrected chi connectivity index (χ4v) is 1.16. The molecule has 0 saturated heterocycles. The third kappa shape index (κ3) is 2.98. The van der Waals surface area contributed by atoms with E-state index in [-0.39, 0.29) is 18.1 Å². The van der Waals surface area contributed by atoms with E-state index in [4.69, 9.17) is 11.5 Å². The van der Waals surface area contributed by atoms with E-state index in [2.05, 4.69) is 4.74 Å². The molecule has 0 heterocycles. The average Bonchev–Trinajstić information content (AvgIpc) is 2.24. The van der Waals surface area contributed by atoms with Crippen LogP contribution in [0.15, 0.2) is 18.2 Å². The number of ether oxygens (including phenoxy) is 1. The first-order chi connectivity index (χ1) is 7.54. The Morgan fingerprint density at radius 1 is 1.50 bits per heavy atom. The molecule has 86 valence electrons. The quantitative estimate of drug-likeness (QED) is 0.603. The van der Waals surface area contributed by atoms with Gasteiger partial charge in [-0.2, -0.15) is 0 Å². The molecule has 0 unspecified atom stereocenters. The highest BCUT2D eigenvalue weighted by molar-refractivity contribution is 5.78. The number of rotatable bonds is 3. The van der Waals surface area contributed by atoms with Crippen molar-refractivity contribution in [3.63, 3.8) is 0 Å². The SMILES string of the molecule is COC(=O)CC=Cc1cc(F)cc(N)c1N. The summed E-state index contributed by atoms with van der Waals surface area (Å²) in [5, 5.41) is 0. The zero-order valence-electron chi connectivity index (χ0n) is 8.87. The number of halogens is 1. The molecular formula is C11H13FN2O2. The van der Waals surface area contributed by atoms with Gasteiger partial charge in [0.05, 0.1) is 24.9 Å². The Labute approximate surface area is 92.7 Å². The van der Waals surface area contributed by atoms with Crippen LogP contribution in [0.4, 0.5) is 15.8 Å². The van der Waals surface area contributed by atoms with Crippen molar-refractivity contribution in [2.45, 2.75) is 6.42 Å². The minimum atomic E-state index is -0.468. The molecule has 0 aromatic heterocycles. The van der Waals surface area contributed by atoms with Gasteiger partial charge >= 0.3 is 5.97 Å². The predicted octanol–water partition coefficient (Wildman–Crippen LogP) is 1.57. The summed E-state index contributed by atoms with van der Waals surface area (Å²) in [6.07, 6.45) is 3.18. The van der Waals surface area contributed by atoms with Gasteiger partial charge in [-0.05, 0) is 12.1 Å². The number of hydrogen-bond acceptors (Lipinski definition) is 4. The number of nitrogen functional groups attached to an aromatic ring is 2. The molecule has 0 aliphatic heterocycles. The van der Waals surface area contributed by atoms with Gasteiger partial charge in [-0.3, -0.25) is 4.79 Å². The summed E-state index contributed by atoms with van der Waals surface area (Å²) < 4.78 is 17.4. The second-order valence-electron chi connectivity index (χ2n) is 3.18. The maximum Gasteiger partial charge on any atom is 0.309 e. The number of nitrogens with two attached hydrogens (primary N) is 2. The van der Waals surface area contributed by atoms with Crippen molar-refractivity contribution in [1.29, 1.82) is 0 Å². The fourth-order valence-electron chi connectivity index (χ4n) is 1.16. The van der Waals surface area contributed by atoms with Crippen LogP contribution < -0.4 is 11.5 Å². The maximum absolute atomic E-state index is 13.0. The zero-order valence-corrected chi connectivity index (χ0v) is 8.87. The van der Waals surface area contributed by atoms with Crippen LogP contribution in [0.25, 0.3) is 6.08 Å². The van der Waals surface area contributed by atoms with Gasteiger partial charge in [0, 0.05) is 5.56 Å². The summed E-state index contributed by atoms with van der Waals surface area (Å²) in [4.78, 5) is 10.8. The standard InChI is InChI=1S/C11H13FN2O2/c1-16-10(15)4-2-3-7-5-8(12)6-9(13)11(7)14/h2-3,5-6H,4,13-14H2,1H3. The van der Waals surface area contributed by atoms with Crippen molar-refractivity contribution in [2.24, 2.45) is 0 Å². The first kappa shape index (κ1) is 12.0. The number of benzene rings is 1. The summed E-state index contributed by atoms with van der Waals surface area (Å²) >= 11 is 0. The third-order valence-electron chi connectivity index (χ3n) is 2.02. The molecule has 0 bridgehead atoms. The van der Waals surface area contributed by atoms with E-state index in [1.165, 1.54) is 25.3 Å². The van der Waals surface area contributed by atoms with Gasteiger partial charge in [-0.15, -0.1) is 0 Å². The second kappa shape index (κ2) is 5.16. The molecule has 16 heavy (non-hydrogen) atoms. The van der Waals surface area contributed by atoms with Crippen LogP contribution in [0, 0.1) is 5.82 Å². The molecule has 0 amide bonds. The first-order valence-corrected chi connectivity index (χ1v) is 4.62. The number of esters is 1. The van der Waals surface area contributed by atoms with Gasteiger partial charge in [-0.25, -0.2) is 4.39 Å². The Bertz CT molecular complexity index is 430. The topological polar surface area (TPSA) is 78.3 Å². The molecule has 0 atom stereocenters. The largest absolute Gasteiger partial charge is 0.469 e. The van der Waals surface area contributed by atoms with Crippen LogP contribution in [0.1, 0.15) is 12.0 Å². The number of carbonyl (C=O) groups is 1. The molecule has 1 rings (SSSR count). The maximum atomic E-state index is 13.0. The van der Waals surface area contributed by atoms with E-state index in [9.17, 15) is 9.18 Å². The molecular weight excluding hydrogens is 211 g/mol. The lowest BCUT2D eigenvalue weighted by atomic mass is 10.1. The minimum Gasteiger partial charge on any atom is -0.469 e. The van der Waals surface area contributed by atoms with Crippen LogP contribution >= 0.6 is 0 Å². The van der Waals surface area contributed by atoms with Crippen LogP contribution in [-0.2, 0) is 9.53 Å². The molecule has 5 heteroatoms. The fraction of sp³-hybridized carbons (Fsp3) is 0.182. The van der Waals surface area contributed by atoms with Crippen LogP contribution in [-0.4, -0.2) is 13.1 Å². The van der Waals surface area contributed by atoms with E-state index in [1.54, 1.807) is 0 Å². The van der Waals surface area contributed by atoms with E-state index >= 15 is 0 Å². The lowest BCUT2D eigenvalue weighted by molar-refractivity contribution is -0.139. The molecule has 1 aromatic rings. The smallest absolute Gasteiger partial charge is 0.309 e. The van der Waals surface area contributed by atoms with Crippen molar-refractivity contribution in [1.82, 2.24) is 0 Å². The highest BCUT2D eigenvalue weighted by Gasteiger charge is 2.03. The molecule has 4 nitrogen and oxygen atoms in total. The Balaban J connectivity index is 2.85. The normalized spacial score (nSPS) is 10.6. The molecule has 0 aliphatic rings. The minimum absolute atomic E-state index is 0.104.